The lowest BCUT2D eigenvalue weighted by Gasteiger charge is -2.14. The highest BCUT2D eigenvalue weighted by Crippen LogP contribution is 2.25. The summed E-state index contributed by atoms with van der Waals surface area (Å²) in [6, 6.07) is 5.28. The number of hydrogen-bond donors (Lipinski definition) is 0. The van der Waals surface area contributed by atoms with E-state index in [4.69, 9.17) is 16.9 Å². The van der Waals surface area contributed by atoms with Crippen molar-refractivity contribution in [2.75, 3.05) is 0 Å². The van der Waals surface area contributed by atoms with Crippen LogP contribution in [0, 0.1) is 35.9 Å². The molecule has 1 atom stereocenters. The van der Waals surface area contributed by atoms with Crippen LogP contribution in [0.1, 0.15) is 25.0 Å². The second kappa shape index (κ2) is 5.32. The molecule has 0 saturated heterocycles. The SMILES string of the molecule is Cc1cc(Cl)c(CC(C#N)C(C)C)cc1F. The Morgan fingerprint density at radius 1 is 1.44 bits per heavy atom. The molecule has 0 aliphatic carbocycles. The smallest absolute Gasteiger partial charge is 0.126 e. The van der Waals surface area contributed by atoms with Gasteiger partial charge in [0.2, 0.25) is 0 Å². The van der Waals surface area contributed by atoms with E-state index in [2.05, 4.69) is 6.07 Å². The Kier molecular flexibility index (Phi) is 4.32. The summed E-state index contributed by atoms with van der Waals surface area (Å²) < 4.78 is 13.4. The van der Waals surface area contributed by atoms with E-state index in [1.54, 1.807) is 13.0 Å². The van der Waals surface area contributed by atoms with Crippen LogP contribution in [0.25, 0.3) is 0 Å². The maximum atomic E-state index is 13.4. The van der Waals surface area contributed by atoms with E-state index >= 15 is 0 Å². The molecular weight excluding hydrogens is 225 g/mol. The zero-order valence-corrected chi connectivity index (χ0v) is 10.5. The van der Waals surface area contributed by atoms with E-state index in [9.17, 15) is 4.39 Å². The number of nitriles is 1. The summed E-state index contributed by atoms with van der Waals surface area (Å²) in [6.07, 6.45) is 0.504. The first-order valence-electron chi connectivity index (χ1n) is 5.29. The van der Waals surface area contributed by atoms with Gasteiger partial charge in [-0.1, -0.05) is 25.4 Å². The molecule has 0 aliphatic rings. The molecule has 3 heteroatoms. The Bertz CT molecular complexity index is 421. The van der Waals surface area contributed by atoms with Crippen molar-refractivity contribution in [2.45, 2.75) is 27.2 Å². The maximum absolute atomic E-state index is 13.4. The van der Waals surface area contributed by atoms with Crippen LogP contribution in [0.15, 0.2) is 12.1 Å². The van der Waals surface area contributed by atoms with Gasteiger partial charge in [-0.15, -0.1) is 0 Å². The zero-order chi connectivity index (χ0) is 12.3. The number of aryl methyl sites for hydroxylation is 1. The number of benzene rings is 1. The van der Waals surface area contributed by atoms with Gasteiger partial charge in [0.05, 0.1) is 12.0 Å². The van der Waals surface area contributed by atoms with Crippen molar-refractivity contribution in [2.24, 2.45) is 11.8 Å². The molecule has 0 bridgehead atoms. The molecule has 1 nitrogen and oxygen atoms in total. The topological polar surface area (TPSA) is 23.8 Å². The largest absolute Gasteiger partial charge is 0.207 e. The Morgan fingerprint density at radius 3 is 2.56 bits per heavy atom. The van der Waals surface area contributed by atoms with Crippen molar-refractivity contribution in [1.82, 2.24) is 0 Å². The van der Waals surface area contributed by atoms with Gasteiger partial charge in [-0.3, -0.25) is 0 Å². The summed E-state index contributed by atoms with van der Waals surface area (Å²) in [5, 5.41) is 9.53. The number of rotatable bonds is 3. The number of hydrogen-bond acceptors (Lipinski definition) is 1. The molecule has 16 heavy (non-hydrogen) atoms. The summed E-state index contributed by atoms with van der Waals surface area (Å²) in [5.74, 6) is -0.148. The molecule has 1 unspecified atom stereocenters. The molecule has 0 saturated carbocycles. The van der Waals surface area contributed by atoms with Crippen LogP contribution in [0.2, 0.25) is 5.02 Å². The van der Waals surface area contributed by atoms with Gasteiger partial charge in [0.15, 0.2) is 0 Å². The average Bonchev–Trinajstić information content (AvgIpc) is 2.21. The molecule has 0 N–H and O–H groups in total. The fourth-order valence-corrected chi connectivity index (χ4v) is 1.81. The fourth-order valence-electron chi connectivity index (χ4n) is 1.51. The van der Waals surface area contributed by atoms with Crippen LogP contribution in [0.4, 0.5) is 4.39 Å². The molecule has 0 aromatic heterocycles. The molecule has 0 spiro atoms. The Balaban J connectivity index is 2.98. The van der Waals surface area contributed by atoms with Crippen molar-refractivity contribution < 1.29 is 4.39 Å². The lowest BCUT2D eigenvalue weighted by atomic mass is 9.90. The first-order chi connectivity index (χ1) is 7.45. The van der Waals surface area contributed by atoms with Crippen LogP contribution >= 0.6 is 11.6 Å². The van der Waals surface area contributed by atoms with E-state index in [0.717, 1.165) is 0 Å². The molecule has 1 rings (SSSR count). The van der Waals surface area contributed by atoms with Crippen LogP contribution in [0.5, 0.6) is 0 Å². The molecule has 0 fully saturated rings. The van der Waals surface area contributed by atoms with Gasteiger partial charge in [-0.25, -0.2) is 4.39 Å². The minimum absolute atomic E-state index is 0.125. The summed E-state index contributed by atoms with van der Waals surface area (Å²) >= 11 is 6.03. The normalized spacial score (nSPS) is 12.6. The van der Waals surface area contributed by atoms with Gasteiger partial charge in [0.1, 0.15) is 5.82 Å². The monoisotopic (exact) mass is 239 g/mol. The van der Waals surface area contributed by atoms with Crippen molar-refractivity contribution >= 4 is 11.6 Å². The predicted octanol–water partition coefficient (Wildman–Crippen LogP) is 4.13. The lowest BCUT2D eigenvalue weighted by molar-refractivity contribution is 0.472. The van der Waals surface area contributed by atoms with E-state index in [1.807, 2.05) is 13.8 Å². The van der Waals surface area contributed by atoms with Crippen LogP contribution in [-0.4, -0.2) is 0 Å². The third kappa shape index (κ3) is 2.96. The average molecular weight is 240 g/mol. The highest BCUT2D eigenvalue weighted by Gasteiger charge is 2.16. The van der Waals surface area contributed by atoms with Gasteiger partial charge >= 0.3 is 0 Å². The van der Waals surface area contributed by atoms with Crippen LogP contribution in [-0.2, 0) is 6.42 Å². The third-order valence-electron chi connectivity index (χ3n) is 2.74. The highest BCUT2D eigenvalue weighted by molar-refractivity contribution is 6.31. The van der Waals surface area contributed by atoms with Gasteiger partial charge in [0.25, 0.3) is 0 Å². The number of halogens is 2. The van der Waals surface area contributed by atoms with E-state index in [-0.39, 0.29) is 17.7 Å². The van der Waals surface area contributed by atoms with Gasteiger partial charge in [-0.05, 0) is 42.5 Å². The first-order valence-corrected chi connectivity index (χ1v) is 5.67. The molecule has 0 heterocycles. The predicted molar refractivity (Wildman–Crippen MR) is 63.8 cm³/mol. The highest BCUT2D eigenvalue weighted by atomic mass is 35.5. The van der Waals surface area contributed by atoms with Crippen molar-refractivity contribution in [3.05, 3.63) is 34.1 Å². The maximum Gasteiger partial charge on any atom is 0.126 e. The van der Waals surface area contributed by atoms with E-state index in [0.29, 0.717) is 22.6 Å². The number of nitrogens with zero attached hydrogens (tertiary/aromatic N) is 1. The van der Waals surface area contributed by atoms with Crippen molar-refractivity contribution in [3.8, 4) is 6.07 Å². The van der Waals surface area contributed by atoms with Crippen molar-refractivity contribution in [1.29, 1.82) is 5.26 Å². The molecular formula is C13H15ClFN. The Morgan fingerprint density at radius 2 is 2.06 bits per heavy atom. The minimum atomic E-state index is -0.264. The quantitative estimate of drug-likeness (QED) is 0.778. The van der Waals surface area contributed by atoms with E-state index < -0.39 is 0 Å². The molecule has 0 radical (unpaired) electrons. The fraction of sp³-hybridized carbons (Fsp3) is 0.462. The van der Waals surface area contributed by atoms with Crippen molar-refractivity contribution in [3.63, 3.8) is 0 Å². The second-order valence-electron chi connectivity index (χ2n) is 4.38. The molecule has 0 amide bonds. The van der Waals surface area contributed by atoms with E-state index in [1.165, 1.54) is 6.07 Å². The second-order valence-corrected chi connectivity index (χ2v) is 4.78. The van der Waals surface area contributed by atoms with Gasteiger partial charge in [0, 0.05) is 5.02 Å². The first kappa shape index (κ1) is 13.0. The molecule has 0 aliphatic heterocycles. The van der Waals surface area contributed by atoms with Gasteiger partial charge < -0.3 is 0 Å². The summed E-state index contributed by atoms with van der Waals surface area (Å²) in [6.45, 7) is 5.63. The summed E-state index contributed by atoms with van der Waals surface area (Å²) in [7, 11) is 0. The lowest BCUT2D eigenvalue weighted by Crippen LogP contribution is -2.10. The Hall–Kier alpha value is -1.07. The molecule has 1 aromatic carbocycles. The third-order valence-corrected chi connectivity index (χ3v) is 3.09. The molecule has 86 valence electrons. The Labute approximate surface area is 101 Å². The standard InChI is InChI=1S/C13H15ClFN/c1-8(2)11(7-16)5-10-6-13(15)9(3)4-12(10)14/h4,6,8,11H,5H2,1-3H3. The van der Waals surface area contributed by atoms with Crippen LogP contribution < -0.4 is 0 Å². The zero-order valence-electron chi connectivity index (χ0n) is 9.72. The molecule has 1 aromatic rings. The minimum Gasteiger partial charge on any atom is -0.207 e. The van der Waals surface area contributed by atoms with Crippen LogP contribution in [0.3, 0.4) is 0 Å². The summed E-state index contributed by atoms with van der Waals surface area (Å²) in [5.41, 5.74) is 1.25. The summed E-state index contributed by atoms with van der Waals surface area (Å²) in [4.78, 5) is 0. The van der Waals surface area contributed by atoms with Gasteiger partial charge in [-0.2, -0.15) is 5.26 Å².